The van der Waals surface area contributed by atoms with Crippen molar-refractivity contribution in [2.24, 2.45) is 0 Å². The molecule has 0 unspecified atom stereocenters. The number of hydrogen-bond donors (Lipinski definition) is 2. The van der Waals surface area contributed by atoms with Gasteiger partial charge in [0.2, 0.25) is 5.91 Å². The largest absolute Gasteiger partial charge is 0.478 e. The fraction of sp³-hybridized carbons (Fsp3) is 0.182. The molecule has 0 radical (unpaired) electrons. The molecule has 0 aliphatic carbocycles. The minimum Gasteiger partial charge on any atom is -0.478 e. The highest BCUT2D eigenvalue weighted by atomic mass is 16.5. The Morgan fingerprint density at radius 1 is 0.968 bits per heavy atom. The molecule has 1 saturated heterocycles. The van der Waals surface area contributed by atoms with Crippen molar-refractivity contribution in [2.75, 3.05) is 24.8 Å². The lowest BCUT2D eigenvalue weighted by molar-refractivity contribution is -0.148. The monoisotopic (exact) mass is 424 g/mol. The van der Waals surface area contributed by atoms with Crippen LogP contribution in [0.25, 0.3) is 6.08 Å². The van der Waals surface area contributed by atoms with Gasteiger partial charge in [-0.25, -0.2) is 9.59 Å². The van der Waals surface area contributed by atoms with Crippen LogP contribution in [0.15, 0.2) is 54.6 Å². The van der Waals surface area contributed by atoms with Crippen LogP contribution in [0.5, 0.6) is 0 Å². The molecule has 9 nitrogen and oxygen atoms in total. The van der Waals surface area contributed by atoms with Gasteiger partial charge in [0.05, 0.1) is 23.5 Å². The maximum atomic E-state index is 12.6. The number of amides is 2. The van der Waals surface area contributed by atoms with Crippen LogP contribution in [0.1, 0.15) is 22.3 Å². The van der Waals surface area contributed by atoms with Crippen LogP contribution in [0.4, 0.5) is 11.4 Å². The molecule has 2 aromatic rings. The van der Waals surface area contributed by atoms with Gasteiger partial charge in [-0.3, -0.25) is 14.5 Å². The van der Waals surface area contributed by atoms with Crippen molar-refractivity contribution in [2.45, 2.75) is 6.42 Å². The molecule has 1 aliphatic heterocycles. The second-order valence-electron chi connectivity index (χ2n) is 6.65. The predicted molar refractivity (Wildman–Crippen MR) is 111 cm³/mol. The summed E-state index contributed by atoms with van der Waals surface area (Å²) >= 11 is 0. The third-order valence-corrected chi connectivity index (χ3v) is 4.62. The van der Waals surface area contributed by atoms with Gasteiger partial charge < -0.3 is 19.8 Å². The molecule has 0 saturated carbocycles. The average molecular weight is 424 g/mol. The van der Waals surface area contributed by atoms with E-state index in [-0.39, 0.29) is 29.6 Å². The van der Waals surface area contributed by atoms with Crippen LogP contribution >= 0.6 is 0 Å². The average Bonchev–Trinajstić information content (AvgIpc) is 2.79. The van der Waals surface area contributed by atoms with Gasteiger partial charge in [0, 0.05) is 12.6 Å². The summed E-state index contributed by atoms with van der Waals surface area (Å²) in [4.78, 5) is 50.5. The molecule has 3 rings (SSSR count). The van der Waals surface area contributed by atoms with Gasteiger partial charge in [-0.1, -0.05) is 30.3 Å². The van der Waals surface area contributed by atoms with E-state index in [0.29, 0.717) is 18.7 Å². The smallest absolute Gasteiger partial charge is 0.395 e. The molecule has 2 aromatic carbocycles. The minimum absolute atomic E-state index is 0.0981. The molecule has 2 N–H and O–H groups in total. The normalized spacial score (nSPS) is 13.7. The van der Waals surface area contributed by atoms with Crippen molar-refractivity contribution >= 4 is 41.2 Å². The molecule has 9 heteroatoms. The molecule has 0 bridgehead atoms. The Morgan fingerprint density at radius 2 is 1.65 bits per heavy atom. The number of aromatic carboxylic acids is 1. The van der Waals surface area contributed by atoms with Crippen LogP contribution in [0.2, 0.25) is 0 Å². The highest BCUT2D eigenvalue weighted by Crippen LogP contribution is 2.32. The number of carbonyl (C=O) groups is 4. The molecule has 0 atom stereocenters. The Labute approximate surface area is 177 Å². The van der Waals surface area contributed by atoms with Crippen molar-refractivity contribution in [1.29, 1.82) is 0 Å². The Balaban J connectivity index is 2.04. The molecular formula is C22H20N2O7. The van der Waals surface area contributed by atoms with Crippen LogP contribution in [-0.4, -0.2) is 58.7 Å². The van der Waals surface area contributed by atoms with Crippen molar-refractivity contribution < 1.29 is 34.1 Å². The van der Waals surface area contributed by atoms with Gasteiger partial charge in [-0.05, 0) is 36.3 Å². The van der Waals surface area contributed by atoms with E-state index in [1.165, 1.54) is 47.4 Å². The van der Waals surface area contributed by atoms with Crippen molar-refractivity contribution in [3.8, 4) is 0 Å². The first-order valence-corrected chi connectivity index (χ1v) is 9.43. The molecule has 1 fully saturated rings. The molecular weight excluding hydrogens is 404 g/mol. The maximum absolute atomic E-state index is 12.6. The summed E-state index contributed by atoms with van der Waals surface area (Å²) in [6, 6.07) is 11.9. The maximum Gasteiger partial charge on any atom is 0.395 e. The van der Waals surface area contributed by atoms with E-state index in [1.807, 2.05) is 0 Å². The molecule has 0 aromatic heterocycles. The Hall–Kier alpha value is -3.98. The molecule has 31 heavy (non-hydrogen) atoms. The molecule has 0 spiro atoms. The number of para-hydroxylation sites is 2. The third kappa shape index (κ3) is 4.96. The fourth-order valence-electron chi connectivity index (χ4n) is 3.16. The van der Waals surface area contributed by atoms with E-state index in [9.17, 15) is 29.4 Å². The zero-order valence-electron chi connectivity index (χ0n) is 16.4. The van der Waals surface area contributed by atoms with Gasteiger partial charge in [-0.15, -0.1) is 0 Å². The number of ether oxygens (including phenoxy) is 1. The van der Waals surface area contributed by atoms with E-state index in [4.69, 9.17) is 4.74 Å². The van der Waals surface area contributed by atoms with Gasteiger partial charge in [0.1, 0.15) is 6.73 Å². The number of carbonyl (C=O) groups excluding carboxylic acids is 2. The zero-order valence-corrected chi connectivity index (χ0v) is 16.4. The predicted octanol–water partition coefficient (Wildman–Crippen LogP) is 2.35. The molecule has 1 aliphatic rings. The number of hydrogen-bond acceptors (Lipinski definition) is 5. The highest BCUT2D eigenvalue weighted by molar-refractivity contribution is 6.39. The van der Waals surface area contributed by atoms with Crippen LogP contribution in [-0.2, 0) is 19.1 Å². The molecule has 160 valence electrons. The third-order valence-electron chi connectivity index (χ3n) is 4.62. The topological polar surface area (TPSA) is 124 Å². The number of carboxylic acid groups (broad SMARTS) is 2. The van der Waals surface area contributed by atoms with E-state index < -0.39 is 17.8 Å². The number of nitrogens with zero attached hydrogens (tertiary/aromatic N) is 2. The van der Waals surface area contributed by atoms with Gasteiger partial charge in [-0.2, -0.15) is 0 Å². The van der Waals surface area contributed by atoms with Gasteiger partial charge in [0.15, 0.2) is 0 Å². The van der Waals surface area contributed by atoms with Gasteiger partial charge >= 0.3 is 17.8 Å². The standard InChI is InChI=1S/C22H20N2O7/c25-19(23-12-5-13-31-14-23)11-10-15-6-1-3-8-17(15)24(20(26)22(29)30)18-9-4-2-7-16(18)21(27)28/h1-4,6-11H,5,12-14H2,(H,27,28)(H,29,30)/b11-10+. The summed E-state index contributed by atoms with van der Waals surface area (Å²) in [7, 11) is 0. The van der Waals surface area contributed by atoms with Crippen molar-refractivity contribution in [1.82, 2.24) is 4.90 Å². The number of benzene rings is 2. The van der Waals surface area contributed by atoms with Crippen molar-refractivity contribution in [3.63, 3.8) is 0 Å². The number of anilines is 2. The highest BCUT2D eigenvalue weighted by Gasteiger charge is 2.29. The van der Waals surface area contributed by atoms with E-state index in [2.05, 4.69) is 0 Å². The first-order valence-electron chi connectivity index (χ1n) is 9.43. The molecule has 2 amide bonds. The second kappa shape index (κ2) is 9.68. The fourth-order valence-corrected chi connectivity index (χ4v) is 3.16. The number of carboxylic acids is 2. The lowest BCUT2D eigenvalue weighted by Gasteiger charge is -2.26. The lowest BCUT2D eigenvalue weighted by Crippen LogP contribution is -2.37. The Morgan fingerprint density at radius 3 is 2.29 bits per heavy atom. The minimum atomic E-state index is -1.75. The SMILES string of the molecule is O=C(O)C(=O)N(c1ccccc1/C=C/C(=O)N1CCCOC1)c1ccccc1C(=O)O. The summed E-state index contributed by atoms with van der Waals surface area (Å²) in [5.41, 5.74) is 0.155. The summed E-state index contributed by atoms with van der Waals surface area (Å²) in [6.45, 7) is 1.33. The van der Waals surface area contributed by atoms with E-state index in [1.54, 1.807) is 18.2 Å². The zero-order chi connectivity index (χ0) is 22.4. The second-order valence-corrected chi connectivity index (χ2v) is 6.65. The number of aliphatic carboxylic acids is 1. The quantitative estimate of drug-likeness (QED) is 0.558. The van der Waals surface area contributed by atoms with Crippen LogP contribution in [0.3, 0.4) is 0 Å². The first-order chi connectivity index (χ1) is 14.9. The van der Waals surface area contributed by atoms with Crippen LogP contribution in [0, 0.1) is 0 Å². The summed E-state index contributed by atoms with van der Waals surface area (Å²) in [5.74, 6) is -4.69. The summed E-state index contributed by atoms with van der Waals surface area (Å²) < 4.78 is 5.27. The van der Waals surface area contributed by atoms with Crippen LogP contribution < -0.4 is 4.90 Å². The Bertz CT molecular complexity index is 1040. The Kier molecular flexibility index (Phi) is 6.78. The van der Waals surface area contributed by atoms with Crippen molar-refractivity contribution in [3.05, 3.63) is 65.7 Å². The summed E-state index contributed by atoms with van der Waals surface area (Å²) in [5, 5.41) is 18.9. The molecule has 1 heterocycles. The number of rotatable bonds is 5. The summed E-state index contributed by atoms with van der Waals surface area (Å²) in [6.07, 6.45) is 3.49. The lowest BCUT2D eigenvalue weighted by atomic mass is 10.1. The van der Waals surface area contributed by atoms with E-state index in [0.717, 1.165) is 11.3 Å². The first kappa shape index (κ1) is 21.7. The van der Waals surface area contributed by atoms with E-state index >= 15 is 0 Å². The van der Waals surface area contributed by atoms with Gasteiger partial charge in [0.25, 0.3) is 0 Å².